The summed E-state index contributed by atoms with van der Waals surface area (Å²) in [4.78, 5) is 13.7. The maximum Gasteiger partial charge on any atom is 0.256 e. The molecule has 0 unspecified atom stereocenters. The standard InChI is InChI=1S/C8H8Br2N2OS2/c1-12(3-6(11)14)8(13)4-2-5(9)15-7(4)10/h2H,3H2,1H3,(H2,11,14). The first-order chi connectivity index (χ1) is 6.91. The molecule has 0 saturated heterocycles. The minimum absolute atomic E-state index is 0.100. The van der Waals surface area contributed by atoms with Crippen molar-refractivity contribution in [1.82, 2.24) is 4.90 Å². The Hall–Kier alpha value is 0.0200. The van der Waals surface area contributed by atoms with Gasteiger partial charge in [-0.2, -0.15) is 0 Å². The summed E-state index contributed by atoms with van der Waals surface area (Å²) in [6.45, 7) is 0.286. The zero-order valence-corrected chi connectivity index (χ0v) is 12.6. The van der Waals surface area contributed by atoms with E-state index in [1.165, 1.54) is 16.2 Å². The lowest BCUT2D eigenvalue weighted by atomic mass is 10.3. The van der Waals surface area contributed by atoms with Gasteiger partial charge in [-0.3, -0.25) is 4.79 Å². The molecule has 0 fully saturated rings. The van der Waals surface area contributed by atoms with E-state index in [0.29, 0.717) is 10.6 Å². The molecule has 0 bridgehead atoms. The maximum absolute atomic E-state index is 11.9. The molecule has 0 radical (unpaired) electrons. The van der Waals surface area contributed by atoms with Crippen molar-refractivity contribution in [2.75, 3.05) is 13.6 Å². The number of halogens is 2. The van der Waals surface area contributed by atoms with Gasteiger partial charge in [0.2, 0.25) is 0 Å². The molecule has 0 atom stereocenters. The van der Waals surface area contributed by atoms with Gasteiger partial charge in [0.1, 0.15) is 0 Å². The highest BCUT2D eigenvalue weighted by Crippen LogP contribution is 2.32. The van der Waals surface area contributed by atoms with Crippen molar-refractivity contribution >= 4 is 66.3 Å². The van der Waals surface area contributed by atoms with Crippen molar-refractivity contribution in [1.29, 1.82) is 0 Å². The topological polar surface area (TPSA) is 46.3 Å². The van der Waals surface area contributed by atoms with E-state index in [9.17, 15) is 4.79 Å². The molecule has 0 aromatic carbocycles. The van der Waals surface area contributed by atoms with Gasteiger partial charge in [0.15, 0.2) is 0 Å². The molecule has 1 heterocycles. The van der Waals surface area contributed by atoms with Gasteiger partial charge in [0, 0.05) is 7.05 Å². The van der Waals surface area contributed by atoms with Crippen molar-refractivity contribution < 1.29 is 4.79 Å². The van der Waals surface area contributed by atoms with Crippen molar-refractivity contribution in [3.63, 3.8) is 0 Å². The van der Waals surface area contributed by atoms with Gasteiger partial charge in [0.25, 0.3) is 5.91 Å². The highest BCUT2D eigenvalue weighted by molar-refractivity contribution is 9.12. The smallest absolute Gasteiger partial charge is 0.256 e. The predicted molar refractivity (Wildman–Crippen MR) is 73.5 cm³/mol. The van der Waals surface area contributed by atoms with Crippen LogP contribution in [-0.2, 0) is 0 Å². The molecule has 3 nitrogen and oxygen atoms in total. The van der Waals surface area contributed by atoms with Crippen LogP contribution in [0.1, 0.15) is 10.4 Å². The minimum Gasteiger partial charge on any atom is -0.392 e. The fourth-order valence-electron chi connectivity index (χ4n) is 0.997. The van der Waals surface area contributed by atoms with E-state index < -0.39 is 0 Å². The van der Waals surface area contributed by atoms with Crippen molar-refractivity contribution in [2.24, 2.45) is 5.73 Å². The summed E-state index contributed by atoms with van der Waals surface area (Å²) >= 11 is 12.8. The summed E-state index contributed by atoms with van der Waals surface area (Å²) in [5.74, 6) is -0.100. The second kappa shape index (κ2) is 5.38. The van der Waals surface area contributed by atoms with Crippen LogP contribution in [0.5, 0.6) is 0 Å². The van der Waals surface area contributed by atoms with Crippen molar-refractivity contribution in [3.8, 4) is 0 Å². The third-order valence-electron chi connectivity index (χ3n) is 1.63. The number of nitrogens with zero attached hydrogens (tertiary/aromatic N) is 1. The van der Waals surface area contributed by atoms with Gasteiger partial charge in [-0.25, -0.2) is 0 Å². The van der Waals surface area contributed by atoms with Crippen LogP contribution in [0.4, 0.5) is 0 Å². The van der Waals surface area contributed by atoms with Crippen LogP contribution in [0.15, 0.2) is 13.6 Å². The first-order valence-electron chi connectivity index (χ1n) is 3.90. The molecular formula is C8H8Br2N2OS2. The van der Waals surface area contributed by atoms with E-state index in [2.05, 4.69) is 31.9 Å². The summed E-state index contributed by atoms with van der Waals surface area (Å²) in [6, 6.07) is 1.77. The van der Waals surface area contributed by atoms with E-state index in [-0.39, 0.29) is 12.5 Å². The zero-order valence-electron chi connectivity index (χ0n) is 7.79. The minimum atomic E-state index is -0.100. The lowest BCUT2D eigenvalue weighted by Gasteiger charge is -2.15. The van der Waals surface area contributed by atoms with Gasteiger partial charge >= 0.3 is 0 Å². The van der Waals surface area contributed by atoms with Gasteiger partial charge in [-0.15, -0.1) is 11.3 Å². The quantitative estimate of drug-likeness (QED) is 0.830. The van der Waals surface area contributed by atoms with E-state index >= 15 is 0 Å². The number of hydrogen-bond acceptors (Lipinski definition) is 3. The monoisotopic (exact) mass is 370 g/mol. The Morgan fingerprint density at radius 3 is 2.67 bits per heavy atom. The van der Waals surface area contributed by atoms with Gasteiger partial charge in [-0.1, -0.05) is 12.2 Å². The molecule has 2 N–H and O–H groups in total. The fourth-order valence-corrected chi connectivity index (χ4v) is 3.97. The molecule has 0 aliphatic carbocycles. The maximum atomic E-state index is 11.9. The number of hydrogen-bond donors (Lipinski definition) is 1. The Kier molecular flexibility index (Phi) is 4.69. The van der Waals surface area contributed by atoms with E-state index in [4.69, 9.17) is 18.0 Å². The van der Waals surface area contributed by atoms with Gasteiger partial charge in [-0.05, 0) is 37.9 Å². The average molecular weight is 372 g/mol. The molecule has 0 aliphatic rings. The molecule has 0 saturated carbocycles. The summed E-state index contributed by atoms with van der Waals surface area (Å²) < 4.78 is 1.70. The molecule has 1 aromatic rings. The Balaban J connectivity index is 2.84. The van der Waals surface area contributed by atoms with Crippen LogP contribution in [0.2, 0.25) is 0 Å². The SMILES string of the molecule is CN(CC(N)=S)C(=O)c1cc(Br)sc1Br. The first-order valence-corrected chi connectivity index (χ1v) is 6.71. The molecule has 7 heteroatoms. The number of likely N-dealkylation sites (N-methyl/N-ethyl adjacent to an activating group) is 1. The predicted octanol–water partition coefficient (Wildman–Crippen LogP) is 2.63. The zero-order chi connectivity index (χ0) is 11.6. The second-order valence-electron chi connectivity index (χ2n) is 2.87. The Morgan fingerprint density at radius 2 is 2.27 bits per heavy atom. The lowest BCUT2D eigenvalue weighted by Crippen LogP contribution is -2.34. The Morgan fingerprint density at radius 1 is 1.67 bits per heavy atom. The van der Waals surface area contributed by atoms with Crippen LogP contribution in [0.25, 0.3) is 0 Å². The van der Waals surface area contributed by atoms with Crippen LogP contribution in [0.3, 0.4) is 0 Å². The highest BCUT2D eigenvalue weighted by Gasteiger charge is 2.17. The van der Waals surface area contributed by atoms with Crippen molar-refractivity contribution in [2.45, 2.75) is 0 Å². The Bertz CT molecular complexity index is 405. The number of rotatable bonds is 3. The normalized spacial score (nSPS) is 10.1. The highest BCUT2D eigenvalue weighted by atomic mass is 79.9. The van der Waals surface area contributed by atoms with Crippen LogP contribution in [0, 0.1) is 0 Å². The average Bonchev–Trinajstić information content (AvgIpc) is 2.42. The molecular weight excluding hydrogens is 364 g/mol. The number of thiophene rings is 1. The van der Waals surface area contributed by atoms with Gasteiger partial charge < -0.3 is 10.6 Å². The number of carbonyl (C=O) groups is 1. The molecule has 82 valence electrons. The van der Waals surface area contributed by atoms with Crippen LogP contribution < -0.4 is 5.73 Å². The first kappa shape index (κ1) is 13.1. The summed E-state index contributed by atoms with van der Waals surface area (Å²) in [7, 11) is 1.67. The fraction of sp³-hybridized carbons (Fsp3) is 0.250. The second-order valence-corrected chi connectivity index (χ2v) is 7.14. The van der Waals surface area contributed by atoms with Crippen LogP contribution >= 0.6 is 55.4 Å². The third kappa shape index (κ3) is 3.51. The molecule has 0 aliphatic heterocycles. The van der Waals surface area contributed by atoms with Gasteiger partial charge in [0.05, 0.1) is 24.7 Å². The number of nitrogens with two attached hydrogens (primary N) is 1. The van der Waals surface area contributed by atoms with E-state index in [1.54, 1.807) is 13.1 Å². The van der Waals surface area contributed by atoms with Crippen LogP contribution in [-0.4, -0.2) is 29.4 Å². The van der Waals surface area contributed by atoms with E-state index in [1.807, 2.05) is 0 Å². The molecule has 0 spiro atoms. The molecule has 1 rings (SSSR count). The largest absolute Gasteiger partial charge is 0.392 e. The summed E-state index contributed by atoms with van der Waals surface area (Å²) in [6.07, 6.45) is 0. The van der Waals surface area contributed by atoms with Crippen molar-refractivity contribution in [3.05, 3.63) is 19.2 Å². The van der Waals surface area contributed by atoms with E-state index in [0.717, 1.165) is 7.57 Å². The number of carbonyl (C=O) groups excluding carboxylic acids is 1. The lowest BCUT2D eigenvalue weighted by molar-refractivity contribution is 0.0815. The number of amides is 1. The Labute approximate surface area is 114 Å². The summed E-state index contributed by atoms with van der Waals surface area (Å²) in [5, 5.41) is 0. The molecule has 15 heavy (non-hydrogen) atoms. The number of thiocarbonyl (C=S) groups is 1. The molecule has 1 aromatic heterocycles. The third-order valence-corrected chi connectivity index (χ3v) is 4.10. The molecule has 1 amide bonds. The summed E-state index contributed by atoms with van der Waals surface area (Å²) in [5.41, 5.74) is 5.99.